The van der Waals surface area contributed by atoms with Crippen LogP contribution >= 0.6 is 0 Å². The molecular formula is C36H32N4O3. The third kappa shape index (κ3) is 4.79. The predicted octanol–water partition coefficient (Wildman–Crippen LogP) is 7.10. The molecule has 1 saturated heterocycles. The zero-order valence-electron chi connectivity index (χ0n) is 24.0. The van der Waals surface area contributed by atoms with Crippen LogP contribution in [0.4, 0.5) is 10.5 Å². The van der Waals surface area contributed by atoms with Crippen molar-refractivity contribution in [1.29, 1.82) is 5.26 Å². The lowest BCUT2D eigenvalue weighted by Crippen LogP contribution is -2.50. The number of likely N-dealkylation sites (tertiary alicyclic amines) is 1. The van der Waals surface area contributed by atoms with Crippen molar-refractivity contribution in [1.82, 2.24) is 9.80 Å². The number of fused-ring (bicyclic) bond motifs is 4. The number of nitrogens with zero attached hydrogens (tertiary/aromatic N) is 3. The Morgan fingerprint density at radius 1 is 0.884 bits per heavy atom. The molecule has 0 aromatic heterocycles. The zero-order chi connectivity index (χ0) is 29.5. The number of carbonyl (C=O) groups is 2. The van der Waals surface area contributed by atoms with Crippen LogP contribution < -0.4 is 5.32 Å². The van der Waals surface area contributed by atoms with E-state index in [-0.39, 0.29) is 17.9 Å². The van der Waals surface area contributed by atoms with Gasteiger partial charge in [0.25, 0.3) is 0 Å². The van der Waals surface area contributed by atoms with Crippen molar-refractivity contribution >= 4 is 17.7 Å². The van der Waals surface area contributed by atoms with E-state index >= 15 is 0 Å². The van der Waals surface area contributed by atoms with Gasteiger partial charge in [-0.15, -0.1) is 0 Å². The maximum absolute atomic E-state index is 13.7. The first-order valence-corrected chi connectivity index (χ1v) is 14.8. The van der Waals surface area contributed by atoms with Gasteiger partial charge < -0.3 is 19.9 Å². The maximum Gasteiger partial charge on any atom is 0.410 e. The summed E-state index contributed by atoms with van der Waals surface area (Å²) in [5.41, 5.74) is 9.05. The lowest BCUT2D eigenvalue weighted by Gasteiger charge is -2.38. The van der Waals surface area contributed by atoms with Crippen LogP contribution in [0.5, 0.6) is 0 Å². The number of hydrogen-bond donors (Lipinski definition) is 1. The van der Waals surface area contributed by atoms with Gasteiger partial charge in [0, 0.05) is 29.4 Å². The maximum atomic E-state index is 13.7. The fourth-order valence-corrected chi connectivity index (χ4v) is 6.92. The second-order valence-corrected chi connectivity index (χ2v) is 11.6. The molecule has 4 aromatic carbocycles. The number of hydrogen-bond acceptors (Lipinski definition) is 5. The average molecular weight is 569 g/mol. The average Bonchev–Trinajstić information content (AvgIpc) is 3.60. The van der Waals surface area contributed by atoms with E-state index in [2.05, 4.69) is 23.6 Å². The quantitative estimate of drug-likeness (QED) is 0.266. The molecule has 0 radical (unpaired) electrons. The van der Waals surface area contributed by atoms with Gasteiger partial charge in [-0.1, -0.05) is 78.9 Å². The second-order valence-electron chi connectivity index (χ2n) is 11.6. The standard InChI is InChI=1S/C36H32N4O3/c1-23-27(35(41)38-26-18-25-20-39(22-37)21-33(25)32(19-26)24-10-3-2-4-11-24)16-9-17-40(23)36(42)43-34-30-14-7-5-12-28(30)29-13-6-8-15-31(29)34/h2-8,10-15,18-19,23,27,34H,9,16-17,20-21H2,1H3,(H,38,41). The summed E-state index contributed by atoms with van der Waals surface area (Å²) in [6.45, 7) is 3.55. The molecule has 1 aliphatic carbocycles. The molecule has 2 amide bonds. The number of piperidine rings is 1. The van der Waals surface area contributed by atoms with E-state index in [1.54, 1.807) is 9.80 Å². The lowest BCUT2D eigenvalue weighted by molar-refractivity contribution is -0.122. The van der Waals surface area contributed by atoms with Crippen molar-refractivity contribution in [3.63, 3.8) is 0 Å². The van der Waals surface area contributed by atoms with Crippen LogP contribution in [0.25, 0.3) is 22.3 Å². The first-order chi connectivity index (χ1) is 21.0. The highest BCUT2D eigenvalue weighted by Gasteiger charge is 2.39. The van der Waals surface area contributed by atoms with E-state index < -0.39 is 12.2 Å². The molecule has 4 aromatic rings. The molecule has 43 heavy (non-hydrogen) atoms. The van der Waals surface area contributed by atoms with Crippen LogP contribution in [-0.2, 0) is 22.6 Å². The molecule has 214 valence electrons. The first-order valence-electron chi connectivity index (χ1n) is 14.8. The van der Waals surface area contributed by atoms with Crippen molar-refractivity contribution in [2.24, 2.45) is 5.92 Å². The molecule has 2 heterocycles. The molecule has 0 spiro atoms. The van der Waals surface area contributed by atoms with E-state index in [9.17, 15) is 14.9 Å². The minimum atomic E-state index is -0.475. The van der Waals surface area contributed by atoms with Gasteiger partial charge in [-0.05, 0) is 65.3 Å². The van der Waals surface area contributed by atoms with Crippen molar-refractivity contribution in [3.8, 4) is 28.4 Å². The minimum Gasteiger partial charge on any atom is -0.436 e. The number of rotatable bonds is 4. The Kier molecular flexibility index (Phi) is 6.83. The van der Waals surface area contributed by atoms with Crippen LogP contribution in [0.1, 0.15) is 48.1 Å². The van der Waals surface area contributed by atoms with E-state index in [0.29, 0.717) is 38.2 Å². The Morgan fingerprint density at radius 2 is 1.56 bits per heavy atom. The first kappa shape index (κ1) is 26.8. The Morgan fingerprint density at radius 3 is 2.26 bits per heavy atom. The third-order valence-corrected chi connectivity index (χ3v) is 9.10. The van der Waals surface area contributed by atoms with Crippen LogP contribution in [0.3, 0.4) is 0 Å². The highest BCUT2D eigenvalue weighted by Crippen LogP contribution is 2.45. The van der Waals surface area contributed by atoms with Crippen molar-refractivity contribution in [3.05, 3.63) is 113 Å². The van der Waals surface area contributed by atoms with Gasteiger partial charge in [0.15, 0.2) is 12.3 Å². The molecule has 2 atom stereocenters. The van der Waals surface area contributed by atoms with Crippen LogP contribution in [0, 0.1) is 17.4 Å². The summed E-state index contributed by atoms with van der Waals surface area (Å²) in [5.74, 6) is -0.496. The summed E-state index contributed by atoms with van der Waals surface area (Å²) in [7, 11) is 0. The highest BCUT2D eigenvalue weighted by atomic mass is 16.6. The van der Waals surface area contributed by atoms with Crippen molar-refractivity contribution < 1.29 is 14.3 Å². The summed E-state index contributed by atoms with van der Waals surface area (Å²) >= 11 is 0. The summed E-state index contributed by atoms with van der Waals surface area (Å²) in [4.78, 5) is 30.8. The monoisotopic (exact) mass is 568 g/mol. The summed E-state index contributed by atoms with van der Waals surface area (Å²) < 4.78 is 6.18. The van der Waals surface area contributed by atoms with Gasteiger partial charge in [-0.2, -0.15) is 5.26 Å². The number of nitrogens with one attached hydrogen (secondary N) is 1. The van der Waals surface area contributed by atoms with Crippen LogP contribution in [-0.4, -0.2) is 34.4 Å². The smallest absolute Gasteiger partial charge is 0.410 e. The Balaban J connectivity index is 1.10. The number of amides is 2. The van der Waals surface area contributed by atoms with E-state index in [1.807, 2.05) is 85.8 Å². The molecular weight excluding hydrogens is 536 g/mol. The third-order valence-electron chi connectivity index (χ3n) is 9.10. The summed E-state index contributed by atoms with van der Waals surface area (Å²) in [5, 5.41) is 12.7. The molecule has 1 fully saturated rings. The Hall–Kier alpha value is -5.09. The van der Waals surface area contributed by atoms with Gasteiger partial charge in [-0.3, -0.25) is 4.79 Å². The number of ether oxygens (including phenoxy) is 1. The zero-order valence-corrected chi connectivity index (χ0v) is 24.0. The van der Waals surface area contributed by atoms with Crippen LogP contribution in [0.15, 0.2) is 91.0 Å². The molecule has 0 bridgehead atoms. The molecule has 7 rings (SSSR count). The molecule has 3 aliphatic rings. The Bertz CT molecular complexity index is 1720. The second kappa shape index (κ2) is 11.0. The number of benzene rings is 4. The van der Waals surface area contributed by atoms with Crippen LogP contribution in [0.2, 0.25) is 0 Å². The van der Waals surface area contributed by atoms with E-state index in [1.165, 1.54) is 0 Å². The predicted molar refractivity (Wildman–Crippen MR) is 164 cm³/mol. The Labute approximate surface area is 251 Å². The van der Waals surface area contributed by atoms with Crippen molar-refractivity contribution in [2.45, 2.75) is 45.0 Å². The SMILES string of the molecule is CC1C(C(=O)Nc2cc3c(c(-c4ccccc4)c2)CN(C#N)C3)CCCN1C(=O)OC1c2ccccc2-c2ccccc21. The van der Waals surface area contributed by atoms with Gasteiger partial charge in [-0.25, -0.2) is 4.79 Å². The molecule has 7 heteroatoms. The molecule has 2 unspecified atom stereocenters. The molecule has 7 nitrogen and oxygen atoms in total. The fraction of sp³-hybridized carbons (Fsp3) is 0.250. The highest BCUT2D eigenvalue weighted by molar-refractivity contribution is 5.94. The van der Waals surface area contributed by atoms with Crippen molar-refractivity contribution in [2.75, 3.05) is 11.9 Å². The summed E-state index contributed by atoms with van der Waals surface area (Å²) in [6, 6.07) is 29.8. The molecule has 0 saturated carbocycles. The number of carbonyl (C=O) groups excluding carboxylic acids is 2. The van der Waals surface area contributed by atoms with E-state index in [4.69, 9.17) is 4.74 Å². The fourth-order valence-electron chi connectivity index (χ4n) is 6.92. The van der Waals surface area contributed by atoms with Gasteiger partial charge in [0.1, 0.15) is 0 Å². The minimum absolute atomic E-state index is 0.115. The normalized spacial score (nSPS) is 18.8. The molecule has 1 N–H and O–H groups in total. The largest absolute Gasteiger partial charge is 0.436 e. The number of nitriles is 1. The van der Waals surface area contributed by atoms with Gasteiger partial charge in [0.05, 0.1) is 19.0 Å². The number of anilines is 1. The topological polar surface area (TPSA) is 85.7 Å². The summed E-state index contributed by atoms with van der Waals surface area (Å²) in [6.07, 6.45) is 2.78. The van der Waals surface area contributed by atoms with E-state index in [0.717, 1.165) is 44.5 Å². The van der Waals surface area contributed by atoms with Gasteiger partial charge >= 0.3 is 6.09 Å². The van der Waals surface area contributed by atoms with Gasteiger partial charge in [0.2, 0.25) is 5.91 Å². The lowest BCUT2D eigenvalue weighted by atomic mass is 9.89. The molecule has 2 aliphatic heterocycles.